The van der Waals surface area contributed by atoms with Gasteiger partial charge in [-0.1, -0.05) is 24.3 Å². The van der Waals surface area contributed by atoms with Crippen LogP contribution in [0.15, 0.2) is 53.5 Å². The zero-order chi connectivity index (χ0) is 19.8. The van der Waals surface area contributed by atoms with E-state index in [2.05, 4.69) is 57.4 Å². The SMILES string of the molecule is CCNC(=NCCc1ccc(OC)cc1)NCCn1c(C)nc2ccccc21. The Labute approximate surface area is 166 Å². The average molecular weight is 380 g/mol. The first-order valence-electron chi connectivity index (χ1n) is 9.78. The van der Waals surface area contributed by atoms with Gasteiger partial charge in [0.25, 0.3) is 0 Å². The molecule has 0 aliphatic rings. The maximum Gasteiger partial charge on any atom is 0.191 e. The number of aromatic nitrogens is 2. The van der Waals surface area contributed by atoms with E-state index in [1.54, 1.807) is 7.11 Å². The van der Waals surface area contributed by atoms with Crippen LogP contribution in [0.25, 0.3) is 11.0 Å². The second-order valence-electron chi connectivity index (χ2n) is 6.58. The third-order valence-electron chi connectivity index (χ3n) is 4.65. The number of rotatable bonds is 8. The molecule has 0 saturated carbocycles. The van der Waals surface area contributed by atoms with Gasteiger partial charge in [0.1, 0.15) is 11.6 Å². The monoisotopic (exact) mass is 379 g/mol. The molecule has 2 aromatic carbocycles. The fourth-order valence-corrected chi connectivity index (χ4v) is 3.20. The van der Waals surface area contributed by atoms with Gasteiger partial charge in [-0.3, -0.25) is 4.99 Å². The van der Waals surface area contributed by atoms with Crippen molar-refractivity contribution in [2.75, 3.05) is 26.7 Å². The van der Waals surface area contributed by atoms with Crippen LogP contribution >= 0.6 is 0 Å². The van der Waals surface area contributed by atoms with Crippen molar-refractivity contribution < 1.29 is 4.74 Å². The number of aryl methyl sites for hydroxylation is 1. The van der Waals surface area contributed by atoms with Crippen molar-refractivity contribution in [1.29, 1.82) is 0 Å². The number of aliphatic imine (C=N–C) groups is 1. The smallest absolute Gasteiger partial charge is 0.191 e. The number of ether oxygens (including phenoxy) is 1. The molecule has 0 aliphatic heterocycles. The molecule has 0 aliphatic carbocycles. The van der Waals surface area contributed by atoms with Gasteiger partial charge in [0.05, 0.1) is 18.1 Å². The molecule has 0 radical (unpaired) electrons. The summed E-state index contributed by atoms with van der Waals surface area (Å²) < 4.78 is 7.44. The molecule has 0 atom stereocenters. The van der Waals surface area contributed by atoms with Crippen molar-refractivity contribution in [3.63, 3.8) is 0 Å². The molecule has 6 heteroatoms. The van der Waals surface area contributed by atoms with Crippen LogP contribution in [-0.4, -0.2) is 42.3 Å². The lowest BCUT2D eigenvalue weighted by atomic mass is 10.1. The first-order valence-corrected chi connectivity index (χ1v) is 9.78. The minimum Gasteiger partial charge on any atom is -0.497 e. The van der Waals surface area contributed by atoms with E-state index >= 15 is 0 Å². The predicted molar refractivity (Wildman–Crippen MR) is 115 cm³/mol. The summed E-state index contributed by atoms with van der Waals surface area (Å²) in [7, 11) is 1.68. The molecule has 0 bridgehead atoms. The van der Waals surface area contributed by atoms with E-state index in [9.17, 15) is 0 Å². The number of imidazole rings is 1. The van der Waals surface area contributed by atoms with Crippen LogP contribution in [0, 0.1) is 6.92 Å². The Kier molecular flexibility index (Phi) is 6.89. The van der Waals surface area contributed by atoms with E-state index in [4.69, 9.17) is 9.73 Å². The largest absolute Gasteiger partial charge is 0.497 e. The summed E-state index contributed by atoms with van der Waals surface area (Å²) in [6, 6.07) is 16.4. The standard InChI is InChI=1S/C22H29N5O/c1-4-23-22(24-14-13-18-9-11-19(28-3)12-10-18)25-15-16-27-17(2)26-20-7-5-6-8-21(20)27/h5-12H,4,13-16H2,1-3H3,(H2,23,24,25). The number of para-hydroxylation sites is 2. The lowest BCUT2D eigenvalue weighted by Crippen LogP contribution is -2.39. The highest BCUT2D eigenvalue weighted by atomic mass is 16.5. The average Bonchev–Trinajstić information content (AvgIpc) is 3.04. The molecule has 28 heavy (non-hydrogen) atoms. The molecule has 6 nitrogen and oxygen atoms in total. The topological polar surface area (TPSA) is 63.5 Å². The quantitative estimate of drug-likeness (QED) is 0.466. The molecular weight excluding hydrogens is 350 g/mol. The Bertz CT molecular complexity index is 914. The van der Waals surface area contributed by atoms with Crippen LogP contribution in [0.5, 0.6) is 5.75 Å². The summed E-state index contributed by atoms with van der Waals surface area (Å²) in [5.74, 6) is 2.76. The molecule has 2 N–H and O–H groups in total. The molecule has 0 saturated heterocycles. The predicted octanol–water partition coefficient (Wildman–Crippen LogP) is 3.15. The summed E-state index contributed by atoms with van der Waals surface area (Å²) in [5.41, 5.74) is 3.46. The molecule has 0 unspecified atom stereocenters. The number of hydrogen-bond donors (Lipinski definition) is 2. The zero-order valence-corrected chi connectivity index (χ0v) is 16.9. The maximum absolute atomic E-state index is 5.20. The fraction of sp³-hybridized carbons (Fsp3) is 0.364. The van der Waals surface area contributed by atoms with E-state index in [0.717, 1.165) is 55.7 Å². The molecule has 1 heterocycles. The molecule has 3 rings (SSSR count). The summed E-state index contributed by atoms with van der Waals surface area (Å²) >= 11 is 0. The highest BCUT2D eigenvalue weighted by Gasteiger charge is 2.06. The molecule has 1 aromatic heterocycles. The molecule has 0 amide bonds. The van der Waals surface area contributed by atoms with Gasteiger partial charge < -0.3 is 19.9 Å². The Balaban J connectivity index is 1.54. The second-order valence-corrected chi connectivity index (χ2v) is 6.58. The van der Waals surface area contributed by atoms with Crippen LogP contribution < -0.4 is 15.4 Å². The summed E-state index contributed by atoms with van der Waals surface area (Å²) in [5, 5.41) is 6.74. The van der Waals surface area contributed by atoms with Gasteiger partial charge in [-0.25, -0.2) is 4.98 Å². The van der Waals surface area contributed by atoms with Crippen LogP contribution in [0.2, 0.25) is 0 Å². The van der Waals surface area contributed by atoms with Gasteiger partial charge in [0.15, 0.2) is 5.96 Å². The number of methoxy groups -OCH3 is 1. The third kappa shape index (κ3) is 5.03. The maximum atomic E-state index is 5.20. The zero-order valence-electron chi connectivity index (χ0n) is 16.9. The summed E-state index contributed by atoms with van der Waals surface area (Å²) in [4.78, 5) is 9.32. The van der Waals surface area contributed by atoms with Gasteiger partial charge in [-0.05, 0) is 50.1 Å². The molecule has 148 valence electrons. The van der Waals surface area contributed by atoms with Crippen LogP contribution in [0.3, 0.4) is 0 Å². The lowest BCUT2D eigenvalue weighted by molar-refractivity contribution is 0.414. The molecular formula is C22H29N5O. The van der Waals surface area contributed by atoms with Crippen molar-refractivity contribution in [1.82, 2.24) is 20.2 Å². The van der Waals surface area contributed by atoms with Crippen molar-refractivity contribution in [2.24, 2.45) is 4.99 Å². The lowest BCUT2D eigenvalue weighted by Gasteiger charge is -2.13. The van der Waals surface area contributed by atoms with Crippen molar-refractivity contribution in [3.8, 4) is 5.75 Å². The highest BCUT2D eigenvalue weighted by molar-refractivity contribution is 5.79. The number of nitrogens with one attached hydrogen (secondary N) is 2. The Morgan fingerprint density at radius 3 is 2.64 bits per heavy atom. The second kappa shape index (κ2) is 9.78. The van der Waals surface area contributed by atoms with E-state index in [1.807, 2.05) is 25.1 Å². The van der Waals surface area contributed by atoms with Crippen LogP contribution in [-0.2, 0) is 13.0 Å². The third-order valence-corrected chi connectivity index (χ3v) is 4.65. The van der Waals surface area contributed by atoms with Crippen LogP contribution in [0.1, 0.15) is 18.3 Å². The van der Waals surface area contributed by atoms with E-state index < -0.39 is 0 Å². The fourth-order valence-electron chi connectivity index (χ4n) is 3.20. The van der Waals surface area contributed by atoms with E-state index in [0.29, 0.717) is 0 Å². The van der Waals surface area contributed by atoms with Crippen molar-refractivity contribution >= 4 is 17.0 Å². The van der Waals surface area contributed by atoms with E-state index in [1.165, 1.54) is 11.1 Å². The van der Waals surface area contributed by atoms with Crippen LogP contribution in [0.4, 0.5) is 0 Å². The number of guanidine groups is 1. The minimum atomic E-state index is 0.731. The van der Waals surface area contributed by atoms with Gasteiger partial charge in [0, 0.05) is 26.2 Å². The van der Waals surface area contributed by atoms with Gasteiger partial charge in [-0.15, -0.1) is 0 Å². The minimum absolute atomic E-state index is 0.731. The summed E-state index contributed by atoms with van der Waals surface area (Å²) in [6.07, 6.45) is 0.895. The number of hydrogen-bond acceptors (Lipinski definition) is 3. The first kappa shape index (κ1) is 19.7. The van der Waals surface area contributed by atoms with Crippen molar-refractivity contribution in [3.05, 3.63) is 59.9 Å². The Morgan fingerprint density at radius 2 is 1.89 bits per heavy atom. The highest BCUT2D eigenvalue weighted by Crippen LogP contribution is 2.15. The summed E-state index contributed by atoms with van der Waals surface area (Å²) in [6.45, 7) is 7.32. The Morgan fingerprint density at radius 1 is 1.11 bits per heavy atom. The molecule has 0 fully saturated rings. The normalized spacial score (nSPS) is 11.6. The van der Waals surface area contributed by atoms with E-state index in [-0.39, 0.29) is 0 Å². The van der Waals surface area contributed by atoms with Gasteiger partial charge >= 0.3 is 0 Å². The van der Waals surface area contributed by atoms with Gasteiger partial charge in [-0.2, -0.15) is 0 Å². The number of nitrogens with zero attached hydrogens (tertiary/aromatic N) is 3. The first-order chi connectivity index (χ1) is 13.7. The van der Waals surface area contributed by atoms with Crippen molar-refractivity contribution in [2.45, 2.75) is 26.8 Å². The number of benzene rings is 2. The Hall–Kier alpha value is -3.02. The van der Waals surface area contributed by atoms with Gasteiger partial charge in [0.2, 0.25) is 0 Å². The molecule has 0 spiro atoms. The molecule has 3 aromatic rings. The number of fused-ring (bicyclic) bond motifs is 1.